The van der Waals surface area contributed by atoms with Gasteiger partial charge in [-0.1, -0.05) is 26.0 Å². The lowest BCUT2D eigenvalue weighted by molar-refractivity contribution is -0.140. The molecule has 35 heavy (non-hydrogen) atoms. The van der Waals surface area contributed by atoms with Crippen LogP contribution in [0.25, 0.3) is 5.76 Å². The lowest BCUT2D eigenvalue weighted by atomic mass is 9.95. The summed E-state index contributed by atoms with van der Waals surface area (Å²) in [4.78, 5) is 30.1. The molecule has 8 heteroatoms. The highest BCUT2D eigenvalue weighted by molar-refractivity contribution is 6.46. The summed E-state index contributed by atoms with van der Waals surface area (Å²) >= 11 is 0. The van der Waals surface area contributed by atoms with Crippen LogP contribution in [0.3, 0.4) is 0 Å². The summed E-state index contributed by atoms with van der Waals surface area (Å²) in [5.74, 6) is -0.00439. The zero-order chi connectivity index (χ0) is 25.5. The van der Waals surface area contributed by atoms with Gasteiger partial charge in [0.2, 0.25) is 0 Å². The van der Waals surface area contributed by atoms with Crippen LogP contribution in [-0.2, 0) is 9.59 Å². The van der Waals surface area contributed by atoms with Crippen LogP contribution >= 0.6 is 0 Å². The molecule has 0 aromatic heterocycles. The smallest absolute Gasteiger partial charge is 0.295 e. The van der Waals surface area contributed by atoms with Crippen LogP contribution in [0.15, 0.2) is 48.0 Å². The van der Waals surface area contributed by atoms with Crippen LogP contribution in [0.2, 0.25) is 0 Å². The second-order valence-corrected chi connectivity index (χ2v) is 8.09. The van der Waals surface area contributed by atoms with Gasteiger partial charge in [0.05, 0.1) is 32.4 Å². The first-order valence-electron chi connectivity index (χ1n) is 11.9. The number of nitrogens with zero attached hydrogens (tertiary/aromatic N) is 2. The minimum absolute atomic E-state index is 0.0472. The topological polar surface area (TPSA) is 88.5 Å². The Morgan fingerprint density at radius 2 is 1.63 bits per heavy atom. The van der Waals surface area contributed by atoms with Crippen LogP contribution in [-0.4, -0.2) is 73.6 Å². The molecule has 1 saturated heterocycles. The summed E-state index contributed by atoms with van der Waals surface area (Å²) in [5, 5.41) is 11.3. The van der Waals surface area contributed by atoms with Gasteiger partial charge >= 0.3 is 0 Å². The van der Waals surface area contributed by atoms with Crippen molar-refractivity contribution in [1.82, 2.24) is 9.80 Å². The van der Waals surface area contributed by atoms with Gasteiger partial charge in [0, 0.05) is 18.7 Å². The molecular weight excluding hydrogens is 448 g/mol. The summed E-state index contributed by atoms with van der Waals surface area (Å²) in [6.45, 7) is 9.17. The Morgan fingerprint density at radius 3 is 2.20 bits per heavy atom. The number of carbonyl (C=O) groups excluding carboxylic acids is 2. The number of likely N-dealkylation sites (N-methyl/N-ethyl adjacent to an activating group) is 1. The second-order valence-electron chi connectivity index (χ2n) is 8.09. The quantitative estimate of drug-likeness (QED) is 0.296. The van der Waals surface area contributed by atoms with E-state index in [1.807, 2.05) is 19.1 Å². The zero-order valence-corrected chi connectivity index (χ0v) is 21.0. The molecule has 1 unspecified atom stereocenters. The Hall–Kier alpha value is -3.52. The summed E-state index contributed by atoms with van der Waals surface area (Å²) in [6.07, 6.45) is 0. The number of benzene rings is 2. The summed E-state index contributed by atoms with van der Waals surface area (Å²) < 4.78 is 16.2. The first-order chi connectivity index (χ1) is 16.9. The molecule has 0 bridgehead atoms. The van der Waals surface area contributed by atoms with Crippen molar-refractivity contribution in [2.75, 3.05) is 47.0 Å². The number of aliphatic hydroxyl groups is 1. The van der Waals surface area contributed by atoms with Crippen molar-refractivity contribution in [3.8, 4) is 17.2 Å². The number of aliphatic hydroxyl groups excluding tert-OH is 1. The highest BCUT2D eigenvalue weighted by Crippen LogP contribution is 2.41. The first kappa shape index (κ1) is 26.1. The molecule has 1 amide bonds. The highest BCUT2D eigenvalue weighted by Gasteiger charge is 2.46. The molecule has 2 aromatic rings. The van der Waals surface area contributed by atoms with E-state index in [4.69, 9.17) is 14.2 Å². The number of Topliss-reactive ketones (excluding diaryl/α,β-unsaturated/α-hetero) is 1. The summed E-state index contributed by atoms with van der Waals surface area (Å²) in [7, 11) is 3.01. The van der Waals surface area contributed by atoms with Gasteiger partial charge in [-0.3, -0.25) is 9.59 Å². The van der Waals surface area contributed by atoms with Crippen LogP contribution in [0.5, 0.6) is 17.2 Å². The average molecular weight is 483 g/mol. The van der Waals surface area contributed by atoms with Gasteiger partial charge in [0.25, 0.3) is 11.7 Å². The third-order valence-corrected chi connectivity index (χ3v) is 6.26. The number of ether oxygens (including phenoxy) is 3. The van der Waals surface area contributed by atoms with Crippen LogP contribution in [0.1, 0.15) is 37.9 Å². The maximum atomic E-state index is 13.2. The molecular formula is C27H34N2O6. The number of ketones is 1. The first-order valence-corrected chi connectivity index (χ1v) is 11.9. The molecule has 0 radical (unpaired) electrons. The third-order valence-electron chi connectivity index (χ3n) is 6.26. The Labute approximate surface area is 206 Å². The summed E-state index contributed by atoms with van der Waals surface area (Å²) in [6, 6.07) is 11.4. The predicted molar refractivity (Wildman–Crippen MR) is 134 cm³/mol. The molecule has 1 aliphatic heterocycles. The van der Waals surface area contributed by atoms with E-state index in [2.05, 4.69) is 18.7 Å². The third kappa shape index (κ3) is 5.43. The molecule has 1 N–H and O–H groups in total. The van der Waals surface area contributed by atoms with Gasteiger partial charge in [-0.2, -0.15) is 0 Å². The number of rotatable bonds is 11. The molecule has 0 spiro atoms. The predicted octanol–water partition coefficient (Wildman–Crippen LogP) is 3.87. The molecule has 0 saturated carbocycles. The van der Waals surface area contributed by atoms with E-state index in [1.54, 1.807) is 35.2 Å². The normalized spacial score (nSPS) is 17.2. The van der Waals surface area contributed by atoms with Crippen molar-refractivity contribution in [3.05, 3.63) is 59.2 Å². The van der Waals surface area contributed by atoms with Gasteiger partial charge in [-0.25, -0.2) is 0 Å². The van der Waals surface area contributed by atoms with E-state index in [0.717, 1.165) is 13.1 Å². The van der Waals surface area contributed by atoms with Crippen molar-refractivity contribution in [3.63, 3.8) is 0 Å². The maximum Gasteiger partial charge on any atom is 0.295 e. The van der Waals surface area contributed by atoms with Gasteiger partial charge in [0.15, 0.2) is 11.5 Å². The van der Waals surface area contributed by atoms with Crippen LogP contribution in [0, 0.1) is 0 Å². The second kappa shape index (κ2) is 11.8. The van der Waals surface area contributed by atoms with E-state index in [1.165, 1.54) is 14.2 Å². The largest absolute Gasteiger partial charge is 0.507 e. The number of hydrogen-bond acceptors (Lipinski definition) is 7. The Balaban J connectivity index is 2.11. The number of carbonyl (C=O) groups is 2. The van der Waals surface area contributed by atoms with E-state index >= 15 is 0 Å². The number of amides is 1. The van der Waals surface area contributed by atoms with Crippen LogP contribution < -0.4 is 14.2 Å². The minimum atomic E-state index is -0.727. The number of likely N-dealkylation sites (tertiary alicyclic amines) is 1. The SMILES string of the molecule is CCOc1ccc(C2/C(=C(\O)c3ccc(OC)c(OC)c3)C(=O)C(=O)N2CCN(CC)CC)cc1. The van der Waals surface area contributed by atoms with Gasteiger partial charge in [-0.15, -0.1) is 0 Å². The fraction of sp³-hybridized carbons (Fsp3) is 0.407. The Bertz CT molecular complexity index is 1080. The lowest BCUT2D eigenvalue weighted by Crippen LogP contribution is -2.38. The van der Waals surface area contributed by atoms with Crippen molar-refractivity contribution < 1.29 is 28.9 Å². The highest BCUT2D eigenvalue weighted by atomic mass is 16.5. The molecule has 0 aliphatic carbocycles. The fourth-order valence-corrected chi connectivity index (χ4v) is 4.30. The minimum Gasteiger partial charge on any atom is -0.507 e. The van der Waals surface area contributed by atoms with E-state index in [0.29, 0.717) is 48.1 Å². The number of hydrogen-bond donors (Lipinski definition) is 1. The average Bonchev–Trinajstić information content (AvgIpc) is 3.14. The van der Waals surface area contributed by atoms with Crippen molar-refractivity contribution in [2.24, 2.45) is 0 Å². The maximum absolute atomic E-state index is 13.2. The lowest BCUT2D eigenvalue weighted by Gasteiger charge is -2.28. The van der Waals surface area contributed by atoms with E-state index in [-0.39, 0.29) is 11.3 Å². The van der Waals surface area contributed by atoms with Crippen molar-refractivity contribution in [2.45, 2.75) is 26.8 Å². The van der Waals surface area contributed by atoms with E-state index in [9.17, 15) is 14.7 Å². The van der Waals surface area contributed by atoms with Gasteiger partial charge in [0.1, 0.15) is 11.5 Å². The zero-order valence-electron chi connectivity index (χ0n) is 21.0. The molecule has 188 valence electrons. The molecule has 1 aliphatic rings. The summed E-state index contributed by atoms with van der Waals surface area (Å²) in [5.41, 5.74) is 1.13. The monoisotopic (exact) mass is 482 g/mol. The Kier molecular flexibility index (Phi) is 8.76. The molecule has 3 rings (SSSR count). The number of methoxy groups -OCH3 is 2. The molecule has 8 nitrogen and oxygen atoms in total. The standard InChI is InChI=1S/C27H34N2O6/c1-6-28(7-2)15-16-29-24(18-9-12-20(13-10-18)35-8-3)23(26(31)27(29)32)25(30)19-11-14-21(33-4)22(17-19)34-5/h9-14,17,24,30H,6-8,15-16H2,1-5H3/b25-23+. The fourth-order valence-electron chi connectivity index (χ4n) is 4.30. The van der Waals surface area contributed by atoms with Crippen molar-refractivity contribution >= 4 is 17.4 Å². The molecule has 1 fully saturated rings. The molecule has 1 atom stereocenters. The molecule has 2 aromatic carbocycles. The van der Waals surface area contributed by atoms with E-state index < -0.39 is 17.7 Å². The van der Waals surface area contributed by atoms with Crippen LogP contribution in [0.4, 0.5) is 0 Å². The van der Waals surface area contributed by atoms with Gasteiger partial charge < -0.3 is 29.1 Å². The van der Waals surface area contributed by atoms with Crippen molar-refractivity contribution in [1.29, 1.82) is 0 Å². The Morgan fingerprint density at radius 1 is 0.971 bits per heavy atom. The van der Waals surface area contributed by atoms with Gasteiger partial charge in [-0.05, 0) is 55.9 Å². The molecule has 1 heterocycles.